The van der Waals surface area contributed by atoms with E-state index in [1.807, 2.05) is 49.4 Å². The Labute approximate surface area is 235 Å². The van der Waals surface area contributed by atoms with Crippen molar-refractivity contribution in [3.05, 3.63) is 84.1 Å². The van der Waals surface area contributed by atoms with Gasteiger partial charge in [0, 0.05) is 18.0 Å². The highest BCUT2D eigenvalue weighted by atomic mass is 16.5. The van der Waals surface area contributed by atoms with Gasteiger partial charge in [0.1, 0.15) is 36.0 Å². The summed E-state index contributed by atoms with van der Waals surface area (Å²) in [5.41, 5.74) is 3.91. The zero-order valence-corrected chi connectivity index (χ0v) is 22.4. The van der Waals surface area contributed by atoms with Crippen LogP contribution in [0.15, 0.2) is 67.3 Å². The second kappa shape index (κ2) is 11.1. The third-order valence-electron chi connectivity index (χ3n) is 7.32. The van der Waals surface area contributed by atoms with Gasteiger partial charge in [0.25, 0.3) is 5.91 Å². The standard InChI is InChI=1S/C29H29N7O5/c1-16-7-3-4-8-17(16)12-30-26-24-27(32-14-31-26)36(15-33-24)29-23(25(38)22(13-37)41-29)35-28(39)20-11-21(40-2)18-9-5-6-10-19(18)34-20/h3-11,14-15,22-23,25,29,37-38H,12-13H2,1-2H3,(H,35,39)(H,30,31,32)/t22-,23-,25-,29-/m1/s1. The molecule has 1 amide bonds. The minimum atomic E-state index is -1.21. The molecule has 0 unspecified atom stereocenters. The van der Waals surface area contributed by atoms with Crippen LogP contribution in [0.3, 0.4) is 0 Å². The Morgan fingerprint density at radius 1 is 1.12 bits per heavy atom. The predicted molar refractivity (Wildman–Crippen MR) is 150 cm³/mol. The Balaban J connectivity index is 1.30. The number of imidazole rings is 1. The summed E-state index contributed by atoms with van der Waals surface area (Å²) in [6.07, 6.45) is -0.144. The Morgan fingerprint density at radius 2 is 1.93 bits per heavy atom. The van der Waals surface area contributed by atoms with E-state index in [2.05, 4.69) is 30.6 Å². The summed E-state index contributed by atoms with van der Waals surface area (Å²) >= 11 is 0. The molecule has 4 heterocycles. The fourth-order valence-electron chi connectivity index (χ4n) is 5.10. The Morgan fingerprint density at radius 3 is 2.73 bits per heavy atom. The molecule has 1 aliphatic rings. The van der Waals surface area contributed by atoms with Gasteiger partial charge in [-0.25, -0.2) is 19.9 Å². The van der Waals surface area contributed by atoms with Gasteiger partial charge >= 0.3 is 0 Å². The van der Waals surface area contributed by atoms with E-state index < -0.39 is 37.0 Å². The largest absolute Gasteiger partial charge is 0.496 e. The number of pyridine rings is 1. The van der Waals surface area contributed by atoms with Crippen molar-refractivity contribution in [1.29, 1.82) is 0 Å². The van der Waals surface area contributed by atoms with Crippen LogP contribution in [-0.4, -0.2) is 72.6 Å². The normalized spacial score (nSPS) is 20.4. The number of hydrogen-bond acceptors (Lipinski definition) is 10. The van der Waals surface area contributed by atoms with Crippen molar-refractivity contribution in [1.82, 2.24) is 29.8 Å². The highest BCUT2D eigenvalue weighted by molar-refractivity contribution is 5.97. The van der Waals surface area contributed by atoms with Gasteiger partial charge < -0.3 is 30.3 Å². The van der Waals surface area contributed by atoms with E-state index in [4.69, 9.17) is 9.47 Å². The topological polar surface area (TPSA) is 157 Å². The van der Waals surface area contributed by atoms with Crippen molar-refractivity contribution < 1.29 is 24.5 Å². The number of aryl methyl sites for hydroxylation is 1. The number of para-hydroxylation sites is 1. The molecule has 1 fully saturated rings. The summed E-state index contributed by atoms with van der Waals surface area (Å²) in [5.74, 6) is 0.490. The van der Waals surface area contributed by atoms with Gasteiger partial charge in [0.15, 0.2) is 23.2 Å². The van der Waals surface area contributed by atoms with Gasteiger partial charge in [-0.05, 0) is 30.2 Å². The Bertz CT molecular complexity index is 1730. The predicted octanol–water partition coefficient (Wildman–Crippen LogP) is 2.35. The number of nitrogens with one attached hydrogen (secondary N) is 2. The van der Waals surface area contributed by atoms with Crippen LogP contribution in [0.5, 0.6) is 5.75 Å². The molecule has 3 aromatic heterocycles. The number of anilines is 1. The lowest BCUT2D eigenvalue weighted by atomic mass is 10.1. The third kappa shape index (κ3) is 4.92. The SMILES string of the molecule is COc1cc(C(=O)N[C@@H]2[C@H](O)[C@@H](CO)O[C@H]2n2cnc3c(NCc4ccccc4C)ncnc32)nc2ccccc12. The van der Waals surface area contributed by atoms with Crippen LogP contribution in [0.2, 0.25) is 0 Å². The number of rotatable bonds is 8. The van der Waals surface area contributed by atoms with Crippen molar-refractivity contribution in [2.45, 2.75) is 37.9 Å². The van der Waals surface area contributed by atoms with Crippen molar-refractivity contribution in [3.63, 3.8) is 0 Å². The molecule has 0 bridgehead atoms. The molecular formula is C29H29N7O5. The summed E-state index contributed by atoms with van der Waals surface area (Å²) in [4.78, 5) is 31.2. The average Bonchev–Trinajstić information content (AvgIpc) is 3.57. The number of carbonyl (C=O) groups is 1. The number of amides is 1. The number of methoxy groups -OCH3 is 1. The van der Waals surface area contributed by atoms with Crippen LogP contribution in [0.25, 0.3) is 22.1 Å². The molecule has 0 aliphatic carbocycles. The molecule has 41 heavy (non-hydrogen) atoms. The number of aliphatic hydroxyl groups is 2. The number of aliphatic hydroxyl groups excluding tert-OH is 2. The van der Waals surface area contributed by atoms with Gasteiger partial charge in [-0.2, -0.15) is 0 Å². The lowest BCUT2D eigenvalue weighted by Gasteiger charge is -2.23. The first-order valence-electron chi connectivity index (χ1n) is 13.1. The van der Waals surface area contributed by atoms with Gasteiger partial charge in [-0.1, -0.05) is 36.4 Å². The van der Waals surface area contributed by atoms with E-state index in [-0.39, 0.29) is 5.69 Å². The van der Waals surface area contributed by atoms with Crippen molar-refractivity contribution in [2.24, 2.45) is 0 Å². The average molecular weight is 556 g/mol. The lowest BCUT2D eigenvalue weighted by Crippen LogP contribution is -2.47. The maximum absolute atomic E-state index is 13.4. The Kier molecular flexibility index (Phi) is 7.18. The van der Waals surface area contributed by atoms with Gasteiger partial charge in [0.05, 0.1) is 25.6 Å². The maximum atomic E-state index is 13.4. The molecule has 5 aromatic rings. The number of benzene rings is 2. The van der Waals surface area contributed by atoms with E-state index in [0.29, 0.717) is 34.8 Å². The minimum absolute atomic E-state index is 0.111. The van der Waals surface area contributed by atoms with Crippen LogP contribution < -0.4 is 15.4 Å². The Hall–Kier alpha value is -4.65. The molecule has 2 aromatic carbocycles. The van der Waals surface area contributed by atoms with E-state index in [1.54, 1.807) is 16.7 Å². The second-order valence-corrected chi connectivity index (χ2v) is 9.79. The van der Waals surface area contributed by atoms with E-state index in [0.717, 1.165) is 16.5 Å². The monoisotopic (exact) mass is 555 g/mol. The fourth-order valence-corrected chi connectivity index (χ4v) is 5.10. The lowest BCUT2D eigenvalue weighted by molar-refractivity contribution is -0.0440. The van der Waals surface area contributed by atoms with E-state index in [9.17, 15) is 15.0 Å². The molecule has 6 rings (SSSR count). The molecule has 0 radical (unpaired) electrons. The summed E-state index contributed by atoms with van der Waals surface area (Å²) in [5, 5.41) is 27.8. The molecule has 4 N–H and O–H groups in total. The molecule has 1 saturated heterocycles. The second-order valence-electron chi connectivity index (χ2n) is 9.79. The summed E-state index contributed by atoms with van der Waals surface area (Å²) < 4.78 is 13.1. The van der Waals surface area contributed by atoms with E-state index >= 15 is 0 Å². The summed E-state index contributed by atoms with van der Waals surface area (Å²) in [6, 6.07) is 16.0. The molecule has 0 saturated carbocycles. The highest BCUT2D eigenvalue weighted by Crippen LogP contribution is 2.33. The summed E-state index contributed by atoms with van der Waals surface area (Å²) in [6.45, 7) is 2.13. The summed E-state index contributed by atoms with van der Waals surface area (Å²) in [7, 11) is 1.52. The fraction of sp³-hybridized carbons (Fsp3) is 0.276. The van der Waals surface area contributed by atoms with Crippen LogP contribution >= 0.6 is 0 Å². The minimum Gasteiger partial charge on any atom is -0.496 e. The quantitative estimate of drug-likeness (QED) is 0.224. The molecule has 12 heteroatoms. The number of fused-ring (bicyclic) bond motifs is 2. The van der Waals surface area contributed by atoms with Crippen molar-refractivity contribution >= 4 is 33.8 Å². The molecular weight excluding hydrogens is 526 g/mol. The first-order valence-corrected chi connectivity index (χ1v) is 13.1. The molecule has 0 spiro atoms. The van der Waals surface area contributed by atoms with Crippen molar-refractivity contribution in [2.75, 3.05) is 19.0 Å². The number of hydrogen-bond donors (Lipinski definition) is 4. The number of nitrogens with zero attached hydrogens (tertiary/aromatic N) is 5. The number of carbonyl (C=O) groups excluding carboxylic acids is 1. The molecule has 4 atom stereocenters. The zero-order chi connectivity index (χ0) is 28.5. The first-order chi connectivity index (χ1) is 20.0. The van der Waals surface area contributed by atoms with E-state index in [1.165, 1.54) is 19.8 Å². The molecule has 1 aliphatic heterocycles. The van der Waals surface area contributed by atoms with Crippen LogP contribution in [0.1, 0.15) is 27.8 Å². The number of aromatic nitrogens is 5. The van der Waals surface area contributed by atoms with Crippen LogP contribution in [0.4, 0.5) is 5.82 Å². The smallest absolute Gasteiger partial charge is 0.270 e. The van der Waals surface area contributed by atoms with Crippen LogP contribution in [-0.2, 0) is 11.3 Å². The first kappa shape index (κ1) is 26.6. The van der Waals surface area contributed by atoms with Gasteiger partial charge in [-0.15, -0.1) is 0 Å². The highest BCUT2D eigenvalue weighted by Gasteiger charge is 2.46. The zero-order valence-electron chi connectivity index (χ0n) is 22.4. The molecule has 210 valence electrons. The number of ether oxygens (including phenoxy) is 2. The van der Waals surface area contributed by atoms with Crippen molar-refractivity contribution in [3.8, 4) is 5.75 Å². The third-order valence-corrected chi connectivity index (χ3v) is 7.32. The maximum Gasteiger partial charge on any atom is 0.270 e. The molecule has 12 nitrogen and oxygen atoms in total. The van der Waals surface area contributed by atoms with Gasteiger partial charge in [0.2, 0.25) is 0 Å². The van der Waals surface area contributed by atoms with Gasteiger partial charge in [-0.3, -0.25) is 9.36 Å². The van der Waals surface area contributed by atoms with Crippen LogP contribution in [0, 0.1) is 6.92 Å².